The molecule has 0 radical (unpaired) electrons. The molecule has 0 bridgehead atoms. The topological polar surface area (TPSA) is 50.8 Å². The van der Waals surface area contributed by atoms with E-state index in [4.69, 9.17) is 9.47 Å². The van der Waals surface area contributed by atoms with E-state index in [-0.39, 0.29) is 12.0 Å². The molecular weight excluding hydrogens is 304 g/mol. The summed E-state index contributed by atoms with van der Waals surface area (Å²) >= 11 is 0. The molecule has 2 heterocycles. The molecule has 1 atom stereocenters. The third kappa shape index (κ3) is 3.02. The molecular formula is C19H20N2O3. The Balaban J connectivity index is 1.29. The number of hydrogen-bond donors (Lipinski definition) is 1. The SMILES string of the molecule is O=C(CN1CCc2ccccc21)NCC1COc2ccccc2O1. The molecule has 0 saturated carbocycles. The van der Waals surface area contributed by atoms with E-state index in [1.807, 2.05) is 36.4 Å². The first kappa shape index (κ1) is 14.9. The van der Waals surface area contributed by atoms with Crippen LogP contribution in [0.3, 0.4) is 0 Å². The molecule has 4 rings (SSSR count). The number of nitrogens with one attached hydrogen (secondary N) is 1. The van der Waals surface area contributed by atoms with Crippen LogP contribution in [0.4, 0.5) is 5.69 Å². The van der Waals surface area contributed by atoms with Gasteiger partial charge in [0.05, 0.1) is 13.1 Å². The fourth-order valence-corrected chi connectivity index (χ4v) is 3.19. The van der Waals surface area contributed by atoms with Crippen LogP contribution in [-0.2, 0) is 11.2 Å². The van der Waals surface area contributed by atoms with Crippen molar-refractivity contribution in [1.29, 1.82) is 0 Å². The van der Waals surface area contributed by atoms with Crippen molar-refractivity contribution < 1.29 is 14.3 Å². The van der Waals surface area contributed by atoms with Crippen molar-refractivity contribution in [2.75, 3.05) is 31.1 Å². The second-order valence-corrected chi connectivity index (χ2v) is 6.10. The molecule has 5 nitrogen and oxygen atoms in total. The Morgan fingerprint density at radius 2 is 1.92 bits per heavy atom. The summed E-state index contributed by atoms with van der Waals surface area (Å²) < 4.78 is 11.5. The van der Waals surface area contributed by atoms with Gasteiger partial charge in [0.25, 0.3) is 0 Å². The summed E-state index contributed by atoms with van der Waals surface area (Å²) in [6.07, 6.45) is 0.842. The minimum atomic E-state index is -0.158. The van der Waals surface area contributed by atoms with Crippen molar-refractivity contribution in [2.45, 2.75) is 12.5 Å². The molecule has 2 aromatic carbocycles. The highest BCUT2D eigenvalue weighted by molar-refractivity contribution is 5.82. The summed E-state index contributed by atoms with van der Waals surface area (Å²) in [5.41, 5.74) is 2.48. The minimum absolute atomic E-state index is 0.00848. The Morgan fingerprint density at radius 1 is 1.12 bits per heavy atom. The highest BCUT2D eigenvalue weighted by Gasteiger charge is 2.23. The number of rotatable bonds is 4. The Hall–Kier alpha value is -2.69. The lowest BCUT2D eigenvalue weighted by Gasteiger charge is -2.27. The van der Waals surface area contributed by atoms with Crippen LogP contribution in [0.2, 0.25) is 0 Å². The van der Waals surface area contributed by atoms with Gasteiger partial charge in [-0.05, 0) is 30.2 Å². The lowest BCUT2D eigenvalue weighted by Crippen LogP contribution is -2.44. The van der Waals surface area contributed by atoms with Gasteiger partial charge in [-0.15, -0.1) is 0 Å². The lowest BCUT2D eigenvalue weighted by atomic mass is 10.2. The van der Waals surface area contributed by atoms with Gasteiger partial charge in [-0.1, -0.05) is 30.3 Å². The Labute approximate surface area is 141 Å². The molecule has 0 aliphatic carbocycles. The zero-order valence-corrected chi connectivity index (χ0v) is 13.4. The molecule has 0 fully saturated rings. The number of para-hydroxylation sites is 3. The maximum atomic E-state index is 12.2. The van der Waals surface area contributed by atoms with Crippen LogP contribution >= 0.6 is 0 Å². The number of nitrogens with zero attached hydrogens (tertiary/aromatic N) is 1. The van der Waals surface area contributed by atoms with E-state index in [2.05, 4.69) is 22.3 Å². The maximum Gasteiger partial charge on any atom is 0.239 e. The average molecular weight is 324 g/mol. The number of amides is 1. The van der Waals surface area contributed by atoms with Crippen molar-refractivity contribution in [3.63, 3.8) is 0 Å². The third-order valence-corrected chi connectivity index (χ3v) is 4.41. The van der Waals surface area contributed by atoms with Gasteiger partial charge in [0, 0.05) is 12.2 Å². The molecule has 1 unspecified atom stereocenters. The molecule has 124 valence electrons. The zero-order chi connectivity index (χ0) is 16.4. The highest BCUT2D eigenvalue weighted by atomic mass is 16.6. The molecule has 2 aliphatic heterocycles. The normalized spacial score (nSPS) is 18.2. The van der Waals surface area contributed by atoms with Crippen LogP contribution in [0.1, 0.15) is 5.56 Å². The van der Waals surface area contributed by atoms with Gasteiger partial charge in [-0.2, -0.15) is 0 Å². The Morgan fingerprint density at radius 3 is 2.83 bits per heavy atom. The predicted molar refractivity (Wildman–Crippen MR) is 91.7 cm³/mol. The minimum Gasteiger partial charge on any atom is -0.486 e. The van der Waals surface area contributed by atoms with Crippen LogP contribution in [0.5, 0.6) is 11.5 Å². The van der Waals surface area contributed by atoms with Crippen LogP contribution in [0, 0.1) is 0 Å². The maximum absolute atomic E-state index is 12.2. The molecule has 2 aliphatic rings. The second-order valence-electron chi connectivity index (χ2n) is 6.10. The lowest BCUT2D eigenvalue weighted by molar-refractivity contribution is -0.120. The first-order chi connectivity index (χ1) is 11.8. The van der Waals surface area contributed by atoms with Gasteiger partial charge in [-0.3, -0.25) is 4.79 Å². The fraction of sp³-hybridized carbons (Fsp3) is 0.316. The number of carbonyl (C=O) groups is 1. The van der Waals surface area contributed by atoms with E-state index in [1.165, 1.54) is 11.3 Å². The summed E-state index contributed by atoms with van der Waals surface area (Å²) in [6, 6.07) is 15.8. The molecule has 2 aromatic rings. The van der Waals surface area contributed by atoms with Crippen molar-refractivity contribution in [3.8, 4) is 11.5 Å². The molecule has 0 aromatic heterocycles. The number of anilines is 1. The summed E-state index contributed by atoms with van der Waals surface area (Å²) in [5.74, 6) is 1.50. The molecule has 1 N–H and O–H groups in total. The molecule has 24 heavy (non-hydrogen) atoms. The first-order valence-corrected chi connectivity index (χ1v) is 8.27. The van der Waals surface area contributed by atoms with Crippen LogP contribution in [0.15, 0.2) is 48.5 Å². The average Bonchev–Trinajstić information content (AvgIpc) is 3.03. The number of benzene rings is 2. The zero-order valence-electron chi connectivity index (χ0n) is 13.4. The smallest absolute Gasteiger partial charge is 0.239 e. The van der Waals surface area contributed by atoms with Crippen LogP contribution in [0.25, 0.3) is 0 Å². The van der Waals surface area contributed by atoms with Crippen LogP contribution in [-0.4, -0.2) is 38.3 Å². The summed E-state index contributed by atoms with van der Waals surface area (Å²) in [5, 5.41) is 2.96. The number of ether oxygens (including phenoxy) is 2. The van der Waals surface area contributed by atoms with E-state index >= 15 is 0 Å². The standard InChI is InChI=1S/C19H20N2O3/c22-19(12-21-10-9-14-5-1-2-6-16(14)21)20-11-15-13-23-17-7-3-4-8-18(17)24-15/h1-8,15H,9-13H2,(H,20,22). The predicted octanol–water partition coefficient (Wildman–Crippen LogP) is 2.01. The van der Waals surface area contributed by atoms with E-state index in [0.717, 1.165) is 24.5 Å². The summed E-state index contributed by atoms with van der Waals surface area (Å²) in [4.78, 5) is 14.4. The fourth-order valence-electron chi connectivity index (χ4n) is 3.19. The van der Waals surface area contributed by atoms with E-state index in [1.54, 1.807) is 0 Å². The Kier molecular flexibility index (Phi) is 3.99. The summed E-state index contributed by atoms with van der Waals surface area (Å²) in [7, 11) is 0. The van der Waals surface area contributed by atoms with E-state index in [0.29, 0.717) is 19.7 Å². The first-order valence-electron chi connectivity index (χ1n) is 8.27. The number of fused-ring (bicyclic) bond motifs is 2. The number of hydrogen-bond acceptors (Lipinski definition) is 4. The van der Waals surface area contributed by atoms with Gasteiger partial charge in [0.15, 0.2) is 11.5 Å². The molecule has 0 saturated heterocycles. The van der Waals surface area contributed by atoms with E-state index in [9.17, 15) is 4.79 Å². The Bertz CT molecular complexity index is 747. The molecule has 5 heteroatoms. The quantitative estimate of drug-likeness (QED) is 0.935. The van der Waals surface area contributed by atoms with Gasteiger partial charge in [0.2, 0.25) is 5.91 Å². The van der Waals surface area contributed by atoms with Gasteiger partial charge in [0.1, 0.15) is 12.7 Å². The van der Waals surface area contributed by atoms with Crippen LogP contribution < -0.4 is 19.7 Å². The van der Waals surface area contributed by atoms with Gasteiger partial charge < -0.3 is 19.7 Å². The van der Waals surface area contributed by atoms with Crippen molar-refractivity contribution in [3.05, 3.63) is 54.1 Å². The largest absolute Gasteiger partial charge is 0.486 e. The van der Waals surface area contributed by atoms with Crippen molar-refractivity contribution in [2.24, 2.45) is 0 Å². The third-order valence-electron chi connectivity index (χ3n) is 4.41. The van der Waals surface area contributed by atoms with E-state index < -0.39 is 0 Å². The monoisotopic (exact) mass is 324 g/mol. The van der Waals surface area contributed by atoms with Gasteiger partial charge in [-0.25, -0.2) is 0 Å². The highest BCUT2D eigenvalue weighted by Crippen LogP contribution is 2.30. The van der Waals surface area contributed by atoms with Gasteiger partial charge >= 0.3 is 0 Å². The molecule has 1 amide bonds. The number of carbonyl (C=O) groups excluding carboxylic acids is 1. The summed E-state index contributed by atoms with van der Waals surface area (Å²) in [6.45, 7) is 2.16. The van der Waals surface area contributed by atoms with Crippen molar-refractivity contribution in [1.82, 2.24) is 5.32 Å². The van der Waals surface area contributed by atoms with Crippen molar-refractivity contribution >= 4 is 11.6 Å². The second kappa shape index (κ2) is 6.43. The molecule has 0 spiro atoms.